The lowest BCUT2D eigenvalue weighted by Crippen LogP contribution is -2.31. The van der Waals surface area contributed by atoms with Crippen LogP contribution in [0.3, 0.4) is 0 Å². The summed E-state index contributed by atoms with van der Waals surface area (Å²) in [4.78, 5) is 23.2. The average Bonchev–Trinajstić information content (AvgIpc) is 2.27. The van der Waals surface area contributed by atoms with E-state index in [2.05, 4.69) is 6.92 Å². The van der Waals surface area contributed by atoms with Crippen LogP contribution in [0.5, 0.6) is 0 Å². The number of ether oxygens (including phenoxy) is 1. The van der Waals surface area contributed by atoms with Gasteiger partial charge in [0.1, 0.15) is 13.2 Å². The van der Waals surface area contributed by atoms with Crippen LogP contribution in [0, 0.1) is 6.92 Å². The zero-order valence-corrected chi connectivity index (χ0v) is 9.18. The van der Waals surface area contributed by atoms with E-state index >= 15 is 0 Å². The van der Waals surface area contributed by atoms with Gasteiger partial charge in [-0.15, -0.1) is 0 Å². The van der Waals surface area contributed by atoms with Crippen LogP contribution in [0.25, 0.3) is 0 Å². The van der Waals surface area contributed by atoms with Gasteiger partial charge in [0.25, 0.3) is 0 Å². The predicted molar refractivity (Wildman–Crippen MR) is 59.2 cm³/mol. The molecule has 16 heavy (non-hydrogen) atoms. The standard InChI is InChI=1S/C12H14NO3/c1-10(14)13(2)8-12(15)16-9-11-6-4-3-5-7-11/h3-7H,1,8-9H2,2H3. The van der Waals surface area contributed by atoms with Crippen molar-refractivity contribution in [2.75, 3.05) is 13.6 Å². The lowest BCUT2D eigenvalue weighted by molar-refractivity contribution is -0.148. The Kier molecular flexibility index (Phi) is 4.51. The van der Waals surface area contributed by atoms with E-state index in [1.165, 1.54) is 11.9 Å². The van der Waals surface area contributed by atoms with Gasteiger partial charge in [0.2, 0.25) is 5.91 Å². The lowest BCUT2D eigenvalue weighted by atomic mass is 10.2. The molecule has 0 heterocycles. The summed E-state index contributed by atoms with van der Waals surface area (Å²) in [5.41, 5.74) is 0.916. The summed E-state index contributed by atoms with van der Waals surface area (Å²) in [5.74, 6) is -0.847. The number of carbonyl (C=O) groups excluding carboxylic acids is 2. The van der Waals surface area contributed by atoms with Crippen LogP contribution in [0.2, 0.25) is 0 Å². The van der Waals surface area contributed by atoms with Crippen molar-refractivity contribution < 1.29 is 14.3 Å². The lowest BCUT2D eigenvalue weighted by Gasteiger charge is -2.13. The third-order valence-electron chi connectivity index (χ3n) is 2.03. The highest BCUT2D eigenvalue weighted by molar-refractivity contribution is 5.84. The Morgan fingerprint density at radius 1 is 1.31 bits per heavy atom. The number of benzene rings is 1. The van der Waals surface area contributed by atoms with E-state index in [0.717, 1.165) is 5.56 Å². The number of hydrogen-bond donors (Lipinski definition) is 0. The molecule has 0 bridgehead atoms. The largest absolute Gasteiger partial charge is 0.459 e. The first-order valence-electron chi connectivity index (χ1n) is 4.86. The maximum Gasteiger partial charge on any atom is 0.325 e. The van der Waals surface area contributed by atoms with E-state index in [9.17, 15) is 9.59 Å². The number of esters is 1. The molecular weight excluding hydrogens is 206 g/mol. The molecule has 0 aliphatic heterocycles. The Bertz CT molecular complexity index is 362. The molecule has 1 rings (SSSR count). The first-order chi connectivity index (χ1) is 7.59. The molecule has 0 fully saturated rings. The Morgan fingerprint density at radius 3 is 2.50 bits per heavy atom. The molecule has 1 radical (unpaired) electrons. The second-order valence-corrected chi connectivity index (χ2v) is 3.40. The molecule has 0 saturated heterocycles. The van der Waals surface area contributed by atoms with Gasteiger partial charge < -0.3 is 9.64 Å². The van der Waals surface area contributed by atoms with Crippen LogP contribution in [-0.2, 0) is 20.9 Å². The van der Waals surface area contributed by atoms with Crippen molar-refractivity contribution in [3.05, 3.63) is 42.8 Å². The summed E-state index contributed by atoms with van der Waals surface area (Å²) >= 11 is 0. The zero-order valence-electron chi connectivity index (χ0n) is 9.18. The topological polar surface area (TPSA) is 46.6 Å². The van der Waals surface area contributed by atoms with Crippen LogP contribution in [0.15, 0.2) is 30.3 Å². The molecule has 0 N–H and O–H groups in total. The number of rotatable bonds is 4. The van der Waals surface area contributed by atoms with Gasteiger partial charge in [0, 0.05) is 14.0 Å². The Balaban J connectivity index is 2.33. The van der Waals surface area contributed by atoms with Gasteiger partial charge in [-0.3, -0.25) is 9.59 Å². The second-order valence-electron chi connectivity index (χ2n) is 3.40. The number of amides is 1. The van der Waals surface area contributed by atoms with E-state index in [4.69, 9.17) is 4.74 Å². The van der Waals surface area contributed by atoms with Gasteiger partial charge in [-0.1, -0.05) is 30.3 Å². The fourth-order valence-corrected chi connectivity index (χ4v) is 1.07. The first kappa shape index (κ1) is 12.2. The smallest absolute Gasteiger partial charge is 0.325 e. The molecule has 0 spiro atoms. The van der Waals surface area contributed by atoms with Crippen molar-refractivity contribution in [2.45, 2.75) is 6.61 Å². The van der Waals surface area contributed by atoms with Gasteiger partial charge in [0.15, 0.2) is 0 Å². The molecule has 85 valence electrons. The highest BCUT2D eigenvalue weighted by Crippen LogP contribution is 2.00. The van der Waals surface area contributed by atoms with E-state index in [1.807, 2.05) is 30.3 Å². The Morgan fingerprint density at radius 2 is 1.94 bits per heavy atom. The van der Waals surface area contributed by atoms with Crippen LogP contribution in [0.1, 0.15) is 5.56 Å². The predicted octanol–water partition coefficient (Wildman–Crippen LogP) is 1.02. The minimum Gasteiger partial charge on any atom is -0.459 e. The third-order valence-corrected chi connectivity index (χ3v) is 2.03. The normalized spacial score (nSPS) is 9.62. The quantitative estimate of drug-likeness (QED) is 0.712. The average molecular weight is 220 g/mol. The first-order valence-corrected chi connectivity index (χ1v) is 4.86. The molecular formula is C12H14NO3. The van der Waals surface area contributed by atoms with Gasteiger partial charge in [0.05, 0.1) is 0 Å². The summed E-state index contributed by atoms with van der Waals surface area (Å²) in [5, 5.41) is 0. The Hall–Kier alpha value is -1.84. The monoisotopic (exact) mass is 220 g/mol. The highest BCUT2D eigenvalue weighted by atomic mass is 16.5. The fraction of sp³-hybridized carbons (Fsp3) is 0.250. The molecule has 4 nitrogen and oxygen atoms in total. The SMILES string of the molecule is [CH2]C(=O)N(C)CC(=O)OCc1ccccc1. The van der Waals surface area contributed by atoms with Gasteiger partial charge in [-0.05, 0) is 5.56 Å². The summed E-state index contributed by atoms with van der Waals surface area (Å²) < 4.78 is 4.99. The van der Waals surface area contributed by atoms with Gasteiger partial charge >= 0.3 is 5.97 Å². The van der Waals surface area contributed by atoms with E-state index in [0.29, 0.717) is 0 Å². The highest BCUT2D eigenvalue weighted by Gasteiger charge is 2.09. The minimum absolute atomic E-state index is 0.0742. The number of likely N-dealkylation sites (N-methyl/N-ethyl adjacent to an activating group) is 1. The van der Waals surface area contributed by atoms with Crippen molar-refractivity contribution >= 4 is 11.9 Å². The number of carbonyl (C=O) groups is 2. The molecule has 0 unspecified atom stereocenters. The number of nitrogens with zero attached hydrogens (tertiary/aromatic N) is 1. The molecule has 4 heteroatoms. The van der Waals surface area contributed by atoms with Crippen LogP contribution >= 0.6 is 0 Å². The molecule has 0 saturated carbocycles. The zero-order chi connectivity index (χ0) is 12.0. The summed E-state index contributed by atoms with van der Waals surface area (Å²) in [7, 11) is 1.50. The van der Waals surface area contributed by atoms with Crippen LogP contribution in [0.4, 0.5) is 0 Å². The molecule has 0 aliphatic carbocycles. The summed E-state index contributed by atoms with van der Waals surface area (Å²) in [6.45, 7) is 3.34. The third kappa shape index (κ3) is 4.13. The van der Waals surface area contributed by atoms with Crippen molar-refractivity contribution in [3.8, 4) is 0 Å². The van der Waals surface area contributed by atoms with Crippen LogP contribution in [-0.4, -0.2) is 30.4 Å². The number of hydrogen-bond acceptors (Lipinski definition) is 3. The molecule has 1 amide bonds. The maximum atomic E-state index is 11.3. The van der Waals surface area contributed by atoms with Crippen molar-refractivity contribution in [1.82, 2.24) is 4.90 Å². The van der Waals surface area contributed by atoms with E-state index < -0.39 is 11.9 Å². The molecule has 0 aromatic heterocycles. The second kappa shape index (κ2) is 5.90. The van der Waals surface area contributed by atoms with Gasteiger partial charge in [-0.25, -0.2) is 0 Å². The van der Waals surface area contributed by atoms with E-state index in [-0.39, 0.29) is 13.2 Å². The van der Waals surface area contributed by atoms with Crippen molar-refractivity contribution in [1.29, 1.82) is 0 Å². The van der Waals surface area contributed by atoms with Crippen molar-refractivity contribution in [2.24, 2.45) is 0 Å². The molecule has 0 atom stereocenters. The molecule has 1 aromatic rings. The minimum atomic E-state index is -0.441. The molecule has 1 aromatic carbocycles. The summed E-state index contributed by atoms with van der Waals surface area (Å²) in [6, 6.07) is 9.36. The maximum absolute atomic E-state index is 11.3. The molecule has 0 aliphatic rings. The fourth-order valence-electron chi connectivity index (χ4n) is 1.07. The van der Waals surface area contributed by atoms with E-state index in [1.54, 1.807) is 0 Å². The summed E-state index contributed by atoms with van der Waals surface area (Å²) in [6.07, 6.45) is 0. The van der Waals surface area contributed by atoms with Crippen molar-refractivity contribution in [3.63, 3.8) is 0 Å². The Labute approximate surface area is 94.8 Å². The van der Waals surface area contributed by atoms with Gasteiger partial charge in [-0.2, -0.15) is 0 Å². The van der Waals surface area contributed by atoms with Crippen LogP contribution < -0.4 is 0 Å².